The lowest BCUT2D eigenvalue weighted by atomic mass is 10.1. The Labute approximate surface area is 98.3 Å². The fraction of sp³-hybridized carbons (Fsp3) is 0.333. The van der Waals surface area contributed by atoms with Crippen molar-refractivity contribution in [3.8, 4) is 0 Å². The molecule has 0 amide bonds. The van der Waals surface area contributed by atoms with Crippen LogP contribution >= 0.6 is 0 Å². The van der Waals surface area contributed by atoms with E-state index in [0.717, 1.165) is 7.11 Å². The van der Waals surface area contributed by atoms with E-state index in [0.29, 0.717) is 11.1 Å². The smallest absolute Gasteiger partial charge is 0.340 e. The van der Waals surface area contributed by atoms with E-state index in [1.165, 1.54) is 19.2 Å². The Morgan fingerprint density at radius 2 is 1.76 bits per heavy atom. The first kappa shape index (κ1) is 13.2. The summed E-state index contributed by atoms with van der Waals surface area (Å²) in [6.45, 7) is 0. The zero-order valence-electron chi connectivity index (χ0n) is 9.60. The molecule has 1 unspecified atom stereocenters. The Morgan fingerprint density at radius 3 is 2.24 bits per heavy atom. The number of alkyl halides is 1. The number of benzene rings is 1. The van der Waals surface area contributed by atoms with Crippen LogP contribution in [0, 0.1) is 0 Å². The molecule has 4 nitrogen and oxygen atoms in total. The highest BCUT2D eigenvalue weighted by molar-refractivity contribution is 5.89. The van der Waals surface area contributed by atoms with Crippen LogP contribution in [0.3, 0.4) is 0 Å². The van der Waals surface area contributed by atoms with Crippen molar-refractivity contribution in [2.24, 2.45) is 0 Å². The maximum Gasteiger partial charge on any atom is 0.340 e. The van der Waals surface area contributed by atoms with Gasteiger partial charge in [-0.25, -0.2) is 14.0 Å². The first-order valence-corrected chi connectivity index (χ1v) is 4.97. The van der Waals surface area contributed by atoms with Gasteiger partial charge in [0.1, 0.15) is 0 Å². The molecular weight excluding hydrogens is 227 g/mol. The zero-order chi connectivity index (χ0) is 12.8. The van der Waals surface area contributed by atoms with Crippen molar-refractivity contribution < 1.29 is 23.5 Å². The molecule has 1 aromatic rings. The van der Waals surface area contributed by atoms with E-state index < -0.39 is 18.1 Å². The average Bonchev–Trinajstić information content (AvgIpc) is 2.37. The number of carbonyl (C=O) groups is 2. The summed E-state index contributed by atoms with van der Waals surface area (Å²) in [7, 11) is 2.42. The van der Waals surface area contributed by atoms with Gasteiger partial charge in [0, 0.05) is 6.42 Å². The minimum absolute atomic E-state index is 0.0753. The molecule has 0 bridgehead atoms. The van der Waals surface area contributed by atoms with Crippen molar-refractivity contribution in [1.82, 2.24) is 0 Å². The van der Waals surface area contributed by atoms with Gasteiger partial charge in [0.05, 0.1) is 19.8 Å². The van der Waals surface area contributed by atoms with Crippen LogP contribution in [-0.2, 0) is 20.7 Å². The first-order chi connectivity index (χ1) is 8.08. The number of ether oxygens (including phenoxy) is 2. The van der Waals surface area contributed by atoms with E-state index in [1.807, 2.05) is 0 Å². The molecule has 0 heterocycles. The lowest BCUT2D eigenvalue weighted by Crippen LogP contribution is -2.19. The standard InChI is InChI=1S/C12H13FO4/c1-16-11(14)9-5-3-8(4-6-9)7-10(13)12(15)17-2/h3-6,10H,7H2,1-2H3. The van der Waals surface area contributed by atoms with Crippen LogP contribution in [-0.4, -0.2) is 32.3 Å². The zero-order valence-corrected chi connectivity index (χ0v) is 9.60. The molecule has 17 heavy (non-hydrogen) atoms. The molecule has 0 saturated heterocycles. The maximum atomic E-state index is 13.2. The summed E-state index contributed by atoms with van der Waals surface area (Å²) < 4.78 is 22.0. The van der Waals surface area contributed by atoms with Crippen LogP contribution in [0.2, 0.25) is 0 Å². The van der Waals surface area contributed by atoms with E-state index in [-0.39, 0.29) is 6.42 Å². The Hall–Kier alpha value is -1.91. The van der Waals surface area contributed by atoms with Crippen LogP contribution in [0.4, 0.5) is 4.39 Å². The molecule has 0 aliphatic rings. The third kappa shape index (κ3) is 3.55. The van der Waals surface area contributed by atoms with Crippen LogP contribution in [0.1, 0.15) is 15.9 Å². The van der Waals surface area contributed by atoms with E-state index in [2.05, 4.69) is 9.47 Å². The quantitative estimate of drug-likeness (QED) is 0.749. The van der Waals surface area contributed by atoms with Gasteiger partial charge >= 0.3 is 11.9 Å². The molecule has 92 valence electrons. The fourth-order valence-electron chi connectivity index (χ4n) is 1.31. The second-order valence-electron chi connectivity index (χ2n) is 3.38. The van der Waals surface area contributed by atoms with Gasteiger partial charge in [-0.05, 0) is 17.7 Å². The number of carbonyl (C=O) groups excluding carboxylic acids is 2. The van der Waals surface area contributed by atoms with Gasteiger partial charge in [0.15, 0.2) is 0 Å². The predicted octanol–water partition coefficient (Wildman–Crippen LogP) is 1.53. The lowest BCUT2D eigenvalue weighted by Gasteiger charge is -2.06. The highest BCUT2D eigenvalue weighted by Gasteiger charge is 2.18. The monoisotopic (exact) mass is 240 g/mol. The van der Waals surface area contributed by atoms with E-state index >= 15 is 0 Å². The van der Waals surface area contributed by atoms with Crippen molar-refractivity contribution in [3.05, 3.63) is 35.4 Å². The van der Waals surface area contributed by atoms with Gasteiger partial charge in [0.2, 0.25) is 6.17 Å². The Kier molecular flexibility index (Phi) is 4.63. The molecule has 0 fully saturated rings. The molecular formula is C12H13FO4. The van der Waals surface area contributed by atoms with E-state index in [4.69, 9.17) is 0 Å². The molecule has 5 heteroatoms. The van der Waals surface area contributed by atoms with Gasteiger partial charge < -0.3 is 9.47 Å². The molecule has 0 spiro atoms. The van der Waals surface area contributed by atoms with Gasteiger partial charge in [-0.3, -0.25) is 0 Å². The minimum atomic E-state index is -1.69. The second kappa shape index (κ2) is 5.98. The van der Waals surface area contributed by atoms with Crippen LogP contribution in [0.5, 0.6) is 0 Å². The van der Waals surface area contributed by atoms with Crippen molar-refractivity contribution in [2.45, 2.75) is 12.6 Å². The highest BCUT2D eigenvalue weighted by Crippen LogP contribution is 2.10. The molecule has 1 aromatic carbocycles. The van der Waals surface area contributed by atoms with E-state index in [9.17, 15) is 14.0 Å². The fourth-order valence-corrected chi connectivity index (χ4v) is 1.31. The van der Waals surface area contributed by atoms with Gasteiger partial charge in [0.25, 0.3) is 0 Å². The van der Waals surface area contributed by atoms with Crippen molar-refractivity contribution >= 4 is 11.9 Å². The number of halogens is 1. The molecule has 0 aliphatic carbocycles. The van der Waals surface area contributed by atoms with Gasteiger partial charge in [-0.1, -0.05) is 12.1 Å². The molecule has 0 aromatic heterocycles. The van der Waals surface area contributed by atoms with Crippen LogP contribution in [0.15, 0.2) is 24.3 Å². The first-order valence-electron chi connectivity index (χ1n) is 4.97. The number of esters is 2. The molecule has 0 N–H and O–H groups in total. The normalized spacial score (nSPS) is 11.7. The second-order valence-corrected chi connectivity index (χ2v) is 3.38. The minimum Gasteiger partial charge on any atom is -0.467 e. The van der Waals surface area contributed by atoms with Crippen LogP contribution < -0.4 is 0 Å². The average molecular weight is 240 g/mol. The predicted molar refractivity (Wildman–Crippen MR) is 58.4 cm³/mol. The lowest BCUT2D eigenvalue weighted by molar-refractivity contribution is -0.146. The third-order valence-electron chi connectivity index (χ3n) is 2.25. The van der Waals surface area contributed by atoms with Crippen LogP contribution in [0.25, 0.3) is 0 Å². The Morgan fingerprint density at radius 1 is 1.18 bits per heavy atom. The summed E-state index contributed by atoms with van der Waals surface area (Å²) in [5.74, 6) is -1.36. The molecule has 0 aliphatic heterocycles. The SMILES string of the molecule is COC(=O)c1ccc(CC(F)C(=O)OC)cc1. The molecule has 0 radical (unpaired) electrons. The molecule has 0 saturated carbocycles. The summed E-state index contributed by atoms with van der Waals surface area (Å²) in [5.41, 5.74) is 0.986. The summed E-state index contributed by atoms with van der Waals surface area (Å²) in [4.78, 5) is 22.0. The summed E-state index contributed by atoms with van der Waals surface area (Å²) in [6, 6.07) is 6.18. The number of hydrogen-bond donors (Lipinski definition) is 0. The van der Waals surface area contributed by atoms with Crippen molar-refractivity contribution in [3.63, 3.8) is 0 Å². The number of methoxy groups -OCH3 is 2. The van der Waals surface area contributed by atoms with Gasteiger partial charge in [-0.2, -0.15) is 0 Å². The largest absolute Gasteiger partial charge is 0.467 e. The Balaban J connectivity index is 2.68. The van der Waals surface area contributed by atoms with E-state index in [1.54, 1.807) is 12.1 Å². The molecule has 1 atom stereocenters. The molecule has 1 rings (SSSR count). The Bertz CT molecular complexity index is 399. The maximum absolute atomic E-state index is 13.2. The summed E-state index contributed by atoms with van der Waals surface area (Å²) in [5, 5.41) is 0. The highest BCUT2D eigenvalue weighted by atomic mass is 19.1. The van der Waals surface area contributed by atoms with Crippen molar-refractivity contribution in [1.29, 1.82) is 0 Å². The third-order valence-corrected chi connectivity index (χ3v) is 2.25. The van der Waals surface area contributed by atoms with Gasteiger partial charge in [-0.15, -0.1) is 0 Å². The number of hydrogen-bond acceptors (Lipinski definition) is 4. The summed E-state index contributed by atoms with van der Waals surface area (Å²) in [6.07, 6.45) is -1.77. The summed E-state index contributed by atoms with van der Waals surface area (Å²) >= 11 is 0. The van der Waals surface area contributed by atoms with Crippen molar-refractivity contribution in [2.75, 3.05) is 14.2 Å². The number of rotatable bonds is 4. The topological polar surface area (TPSA) is 52.6 Å².